The number of halogens is 1. The minimum absolute atomic E-state index is 0.0536. The number of H-pyrrole nitrogens is 1. The molecule has 0 atom stereocenters. The van der Waals surface area contributed by atoms with E-state index >= 15 is 0 Å². The van der Waals surface area contributed by atoms with Crippen LogP contribution in [0.25, 0.3) is 22.0 Å². The lowest BCUT2D eigenvalue weighted by Crippen LogP contribution is -2.13. The van der Waals surface area contributed by atoms with E-state index in [1.165, 1.54) is 18.2 Å². The van der Waals surface area contributed by atoms with Gasteiger partial charge in [-0.05, 0) is 59.5 Å². The van der Waals surface area contributed by atoms with Crippen molar-refractivity contribution in [1.82, 2.24) is 9.78 Å². The van der Waals surface area contributed by atoms with Crippen LogP contribution in [-0.2, 0) is 16.6 Å². The second kappa shape index (κ2) is 6.98. The van der Waals surface area contributed by atoms with Gasteiger partial charge in [0.1, 0.15) is 5.82 Å². The maximum atomic E-state index is 13.1. The van der Waals surface area contributed by atoms with Gasteiger partial charge < -0.3 is 0 Å². The summed E-state index contributed by atoms with van der Waals surface area (Å²) in [5.74, 6) is -0.318. The van der Waals surface area contributed by atoms with Crippen LogP contribution < -0.4 is 10.7 Å². The Morgan fingerprint density at radius 3 is 2.48 bits per heavy atom. The number of primary sulfonamides is 1. The third-order valence-corrected chi connectivity index (χ3v) is 5.98. The van der Waals surface area contributed by atoms with Crippen molar-refractivity contribution in [2.45, 2.75) is 18.4 Å². The summed E-state index contributed by atoms with van der Waals surface area (Å²) in [5, 5.41) is 8.57. The first-order valence-corrected chi connectivity index (χ1v) is 10.4. The molecule has 1 heterocycles. The molecule has 0 aliphatic rings. The molecule has 0 radical (unpaired) electrons. The van der Waals surface area contributed by atoms with Crippen molar-refractivity contribution < 1.29 is 12.8 Å². The molecule has 3 N–H and O–H groups in total. The molecule has 4 rings (SSSR count). The van der Waals surface area contributed by atoms with E-state index in [4.69, 9.17) is 5.14 Å². The van der Waals surface area contributed by atoms with Crippen molar-refractivity contribution in [2.75, 3.05) is 0 Å². The number of benzene rings is 3. The minimum atomic E-state index is -3.85. The van der Waals surface area contributed by atoms with Gasteiger partial charge in [0.05, 0.1) is 22.3 Å². The Labute approximate surface area is 166 Å². The molecule has 0 saturated heterocycles. The maximum absolute atomic E-state index is 13.1. The van der Waals surface area contributed by atoms with Crippen LogP contribution in [0.15, 0.2) is 70.4 Å². The average molecular weight is 411 g/mol. The number of fused-ring (bicyclic) bond motifs is 1. The molecule has 0 spiro atoms. The molecule has 3 aromatic carbocycles. The van der Waals surface area contributed by atoms with Crippen LogP contribution in [0.4, 0.5) is 4.39 Å². The van der Waals surface area contributed by atoms with E-state index in [1.807, 2.05) is 6.07 Å². The SMILES string of the molecule is Cc1c(-c2ccc3c(c2)c(=O)[nH]n3Cc2ccc(F)cc2)cccc1S(N)(=O)=O. The lowest BCUT2D eigenvalue weighted by molar-refractivity contribution is 0.597. The predicted molar refractivity (Wildman–Crippen MR) is 110 cm³/mol. The summed E-state index contributed by atoms with van der Waals surface area (Å²) in [6.45, 7) is 2.07. The Hall–Kier alpha value is -3.23. The normalized spacial score (nSPS) is 11.8. The van der Waals surface area contributed by atoms with Crippen LogP contribution in [-0.4, -0.2) is 18.2 Å². The Kier molecular flexibility index (Phi) is 4.60. The third-order valence-electron chi connectivity index (χ3n) is 4.92. The number of hydrogen-bond donors (Lipinski definition) is 2. The van der Waals surface area contributed by atoms with E-state index in [-0.39, 0.29) is 16.3 Å². The molecule has 6 nitrogen and oxygen atoms in total. The summed E-state index contributed by atoms with van der Waals surface area (Å²) < 4.78 is 38.4. The number of nitrogens with two attached hydrogens (primary N) is 1. The smallest absolute Gasteiger partial charge is 0.272 e. The number of nitrogens with one attached hydrogen (secondary N) is 1. The van der Waals surface area contributed by atoms with Gasteiger partial charge in [0.25, 0.3) is 5.56 Å². The first-order valence-electron chi connectivity index (χ1n) is 8.84. The molecule has 0 saturated carbocycles. The lowest BCUT2D eigenvalue weighted by atomic mass is 9.99. The first kappa shape index (κ1) is 19.1. The predicted octanol–water partition coefficient (Wildman–Crippen LogP) is 3.14. The third kappa shape index (κ3) is 3.59. The Balaban J connectivity index is 1.80. The highest BCUT2D eigenvalue weighted by atomic mass is 32.2. The summed E-state index contributed by atoms with van der Waals surface area (Å²) in [6.07, 6.45) is 0. The van der Waals surface area contributed by atoms with Crippen LogP contribution in [0.1, 0.15) is 11.1 Å². The fourth-order valence-corrected chi connectivity index (χ4v) is 4.30. The highest BCUT2D eigenvalue weighted by Crippen LogP contribution is 2.29. The van der Waals surface area contributed by atoms with Crippen LogP contribution >= 0.6 is 0 Å². The number of sulfonamides is 1. The van der Waals surface area contributed by atoms with E-state index in [0.29, 0.717) is 34.1 Å². The van der Waals surface area contributed by atoms with Crippen molar-refractivity contribution >= 4 is 20.9 Å². The zero-order valence-electron chi connectivity index (χ0n) is 15.5. The lowest BCUT2D eigenvalue weighted by Gasteiger charge is -2.10. The molecule has 0 aliphatic carbocycles. The molecule has 148 valence electrons. The van der Waals surface area contributed by atoms with Crippen molar-refractivity contribution in [1.29, 1.82) is 0 Å². The summed E-state index contributed by atoms with van der Waals surface area (Å²) >= 11 is 0. The Morgan fingerprint density at radius 1 is 1.07 bits per heavy atom. The van der Waals surface area contributed by atoms with Crippen LogP contribution in [0, 0.1) is 12.7 Å². The number of hydrogen-bond acceptors (Lipinski definition) is 3. The molecule has 0 aliphatic heterocycles. The van der Waals surface area contributed by atoms with Crippen molar-refractivity contribution in [2.24, 2.45) is 5.14 Å². The van der Waals surface area contributed by atoms with Gasteiger partial charge in [0, 0.05) is 0 Å². The molecule has 4 aromatic rings. The number of nitrogens with zero attached hydrogens (tertiary/aromatic N) is 1. The monoisotopic (exact) mass is 411 g/mol. The van der Waals surface area contributed by atoms with Crippen molar-refractivity contribution in [3.8, 4) is 11.1 Å². The molecule has 1 aromatic heterocycles. The molecule has 0 unspecified atom stereocenters. The van der Waals surface area contributed by atoms with E-state index < -0.39 is 10.0 Å². The van der Waals surface area contributed by atoms with Gasteiger partial charge in [-0.3, -0.25) is 14.6 Å². The second-order valence-electron chi connectivity index (χ2n) is 6.86. The topological polar surface area (TPSA) is 97.9 Å². The quantitative estimate of drug-likeness (QED) is 0.540. The second-order valence-corrected chi connectivity index (χ2v) is 8.39. The Bertz CT molecular complexity index is 1390. The van der Waals surface area contributed by atoms with E-state index in [0.717, 1.165) is 5.56 Å². The van der Waals surface area contributed by atoms with E-state index in [2.05, 4.69) is 5.10 Å². The number of aromatic amines is 1. The van der Waals surface area contributed by atoms with Crippen LogP contribution in [0.2, 0.25) is 0 Å². The van der Waals surface area contributed by atoms with Gasteiger partial charge in [0.2, 0.25) is 10.0 Å². The van der Waals surface area contributed by atoms with Crippen molar-refractivity contribution in [3.63, 3.8) is 0 Å². The summed E-state index contributed by atoms with van der Waals surface area (Å²) in [4.78, 5) is 12.5. The summed E-state index contributed by atoms with van der Waals surface area (Å²) in [7, 11) is -3.85. The molecular weight excluding hydrogens is 393 g/mol. The van der Waals surface area contributed by atoms with E-state index in [9.17, 15) is 17.6 Å². The van der Waals surface area contributed by atoms with E-state index in [1.54, 1.807) is 48.0 Å². The molecule has 29 heavy (non-hydrogen) atoms. The van der Waals surface area contributed by atoms with Gasteiger partial charge in [-0.1, -0.05) is 30.3 Å². The maximum Gasteiger partial charge on any atom is 0.272 e. The molecular formula is C21H18FN3O3S. The summed E-state index contributed by atoms with van der Waals surface area (Å²) in [6, 6.07) is 16.3. The molecule has 0 fully saturated rings. The van der Waals surface area contributed by atoms with Crippen LogP contribution in [0.5, 0.6) is 0 Å². The van der Waals surface area contributed by atoms with Crippen molar-refractivity contribution in [3.05, 3.63) is 88.0 Å². The number of aromatic nitrogens is 2. The van der Waals surface area contributed by atoms with Gasteiger partial charge >= 0.3 is 0 Å². The zero-order valence-corrected chi connectivity index (χ0v) is 16.3. The molecule has 8 heteroatoms. The molecule has 0 amide bonds. The fourth-order valence-electron chi connectivity index (χ4n) is 3.50. The average Bonchev–Trinajstić information content (AvgIpc) is 2.98. The standard InChI is InChI=1S/C21H18FN3O3S/c1-13-17(3-2-4-20(13)29(23,27)28)15-7-10-19-18(11-15)21(26)24-25(19)12-14-5-8-16(22)9-6-14/h2-11H,12H2,1H3,(H,24,26)(H2,23,27,28). The largest absolute Gasteiger partial charge is 0.280 e. The van der Waals surface area contributed by atoms with Gasteiger partial charge in [-0.15, -0.1) is 0 Å². The molecule has 0 bridgehead atoms. The van der Waals surface area contributed by atoms with Crippen LogP contribution in [0.3, 0.4) is 0 Å². The highest BCUT2D eigenvalue weighted by Gasteiger charge is 2.16. The summed E-state index contributed by atoms with van der Waals surface area (Å²) in [5.41, 5.74) is 3.21. The first-order chi connectivity index (χ1) is 13.7. The van der Waals surface area contributed by atoms with Gasteiger partial charge in [-0.2, -0.15) is 0 Å². The van der Waals surface area contributed by atoms with Gasteiger partial charge in [0.15, 0.2) is 0 Å². The fraction of sp³-hybridized carbons (Fsp3) is 0.0952. The highest BCUT2D eigenvalue weighted by molar-refractivity contribution is 7.89. The zero-order chi connectivity index (χ0) is 20.8. The number of rotatable bonds is 4. The minimum Gasteiger partial charge on any atom is -0.280 e. The Morgan fingerprint density at radius 2 is 1.79 bits per heavy atom. The van der Waals surface area contributed by atoms with Gasteiger partial charge in [-0.25, -0.2) is 17.9 Å².